The van der Waals surface area contributed by atoms with Crippen LogP contribution in [0.5, 0.6) is 5.75 Å². The molecule has 2 aliphatic rings. The molecular weight excluding hydrogens is 392 g/mol. The van der Waals surface area contributed by atoms with E-state index < -0.39 is 0 Å². The van der Waals surface area contributed by atoms with Crippen molar-refractivity contribution in [2.24, 2.45) is 0 Å². The molecule has 2 aromatic carbocycles. The summed E-state index contributed by atoms with van der Waals surface area (Å²) in [5, 5.41) is 6.82. The van der Waals surface area contributed by atoms with Crippen LogP contribution >= 0.6 is 0 Å². The van der Waals surface area contributed by atoms with Crippen LogP contribution in [0.2, 0.25) is 0 Å². The molecule has 0 bridgehead atoms. The van der Waals surface area contributed by atoms with Crippen molar-refractivity contribution >= 4 is 16.8 Å². The van der Waals surface area contributed by atoms with Crippen molar-refractivity contribution in [3.05, 3.63) is 64.2 Å². The van der Waals surface area contributed by atoms with Crippen LogP contribution in [-0.2, 0) is 0 Å². The maximum Gasteiger partial charge on any atom is 0.265 e. The highest BCUT2D eigenvalue weighted by Crippen LogP contribution is 2.23. The van der Waals surface area contributed by atoms with Crippen LogP contribution in [0.15, 0.2) is 47.5 Å². The number of nitrogens with one attached hydrogen (secondary N) is 2. The van der Waals surface area contributed by atoms with E-state index in [0.29, 0.717) is 27.9 Å². The van der Waals surface area contributed by atoms with E-state index in [9.17, 15) is 9.59 Å². The topological polar surface area (TPSA) is 85.2 Å². The largest absolute Gasteiger partial charge is 0.490 e. The maximum atomic E-state index is 13.4. The van der Waals surface area contributed by atoms with Crippen molar-refractivity contribution in [3.63, 3.8) is 0 Å². The molecule has 2 fully saturated rings. The summed E-state index contributed by atoms with van der Waals surface area (Å²) in [5.41, 5.74) is 2.55. The minimum absolute atomic E-state index is 0.108. The molecule has 2 heterocycles. The van der Waals surface area contributed by atoms with E-state index in [4.69, 9.17) is 4.74 Å². The summed E-state index contributed by atoms with van der Waals surface area (Å²) in [6, 6.07) is 11.2. The highest BCUT2D eigenvalue weighted by molar-refractivity contribution is 5.95. The van der Waals surface area contributed by atoms with E-state index in [1.54, 1.807) is 18.2 Å². The zero-order chi connectivity index (χ0) is 21.4. The Labute approximate surface area is 180 Å². The fourth-order valence-electron chi connectivity index (χ4n) is 3.96. The molecule has 31 heavy (non-hydrogen) atoms. The molecule has 0 atom stereocenters. The van der Waals surface area contributed by atoms with Crippen molar-refractivity contribution in [3.8, 4) is 11.4 Å². The van der Waals surface area contributed by atoms with Gasteiger partial charge in [0, 0.05) is 11.6 Å². The van der Waals surface area contributed by atoms with Gasteiger partial charge in [-0.25, -0.2) is 4.98 Å². The number of piperidine rings is 1. The first-order valence-corrected chi connectivity index (χ1v) is 10.9. The average molecular weight is 418 g/mol. The third-order valence-corrected chi connectivity index (χ3v) is 5.96. The Kier molecular flexibility index (Phi) is 5.19. The number of hydrogen-bond donors (Lipinski definition) is 2. The van der Waals surface area contributed by atoms with E-state index in [1.807, 2.05) is 25.1 Å². The molecule has 0 spiro atoms. The third kappa shape index (κ3) is 4.18. The Balaban J connectivity index is 1.50. The number of ether oxygens (including phenoxy) is 1. The zero-order valence-corrected chi connectivity index (χ0v) is 17.6. The van der Waals surface area contributed by atoms with Gasteiger partial charge in [-0.1, -0.05) is 6.07 Å². The number of fused-ring (bicyclic) bond motifs is 1. The van der Waals surface area contributed by atoms with E-state index >= 15 is 0 Å². The molecule has 7 heteroatoms. The summed E-state index contributed by atoms with van der Waals surface area (Å²) in [4.78, 5) is 30.3. The van der Waals surface area contributed by atoms with Crippen molar-refractivity contribution in [2.75, 3.05) is 13.1 Å². The van der Waals surface area contributed by atoms with Gasteiger partial charge in [-0.2, -0.15) is 0 Å². The van der Waals surface area contributed by atoms with Crippen LogP contribution in [0, 0.1) is 6.92 Å². The van der Waals surface area contributed by atoms with Gasteiger partial charge in [0.05, 0.1) is 16.6 Å². The van der Waals surface area contributed by atoms with Crippen molar-refractivity contribution in [2.45, 2.75) is 44.8 Å². The van der Waals surface area contributed by atoms with Crippen LogP contribution in [0.1, 0.15) is 41.6 Å². The lowest BCUT2D eigenvalue weighted by Gasteiger charge is -2.23. The SMILES string of the molecule is Cc1ccc(C(=O)NC2CC2)cc1-n1cnc2ccc(OC3CCNCC3)cc2c1=O. The van der Waals surface area contributed by atoms with Gasteiger partial charge in [0.15, 0.2) is 0 Å². The minimum atomic E-state index is -0.177. The minimum Gasteiger partial charge on any atom is -0.490 e. The Morgan fingerprint density at radius 3 is 2.71 bits per heavy atom. The molecular formula is C24H26N4O3. The summed E-state index contributed by atoms with van der Waals surface area (Å²) in [6.07, 6.45) is 5.64. The summed E-state index contributed by atoms with van der Waals surface area (Å²) in [7, 11) is 0. The van der Waals surface area contributed by atoms with Gasteiger partial charge in [0.2, 0.25) is 0 Å². The number of rotatable bonds is 5. The third-order valence-electron chi connectivity index (χ3n) is 5.96. The van der Waals surface area contributed by atoms with E-state index in [-0.39, 0.29) is 23.6 Å². The highest BCUT2D eigenvalue weighted by Gasteiger charge is 2.24. The number of carbonyl (C=O) groups excluding carboxylic acids is 1. The summed E-state index contributed by atoms with van der Waals surface area (Å²) < 4.78 is 7.63. The Hall–Kier alpha value is -3.19. The normalized spacial score (nSPS) is 16.9. The molecule has 3 aromatic rings. The molecule has 5 rings (SSSR count). The number of carbonyl (C=O) groups is 1. The number of aryl methyl sites for hydroxylation is 1. The number of nitrogens with zero attached hydrogens (tertiary/aromatic N) is 2. The standard InChI is InChI=1S/C24H26N4O3/c1-15-2-3-16(23(29)27-17-4-5-17)12-22(15)28-14-26-21-7-6-19(13-20(21)24(28)30)31-18-8-10-25-11-9-18/h2-3,6-7,12-14,17-18,25H,4-5,8-11H2,1H3,(H,27,29). The quantitative estimate of drug-likeness (QED) is 0.666. The van der Waals surface area contributed by atoms with Gasteiger partial charge in [-0.05, 0) is 81.6 Å². The van der Waals surface area contributed by atoms with Gasteiger partial charge >= 0.3 is 0 Å². The van der Waals surface area contributed by atoms with Gasteiger partial charge in [0.1, 0.15) is 18.2 Å². The second-order valence-electron chi connectivity index (χ2n) is 8.41. The fraction of sp³-hybridized carbons (Fsp3) is 0.375. The predicted octanol–water partition coefficient (Wildman–Crippen LogP) is 2.72. The van der Waals surface area contributed by atoms with Crippen LogP contribution in [0.4, 0.5) is 0 Å². The van der Waals surface area contributed by atoms with Gasteiger partial charge in [-0.3, -0.25) is 14.2 Å². The summed E-state index contributed by atoms with van der Waals surface area (Å²) >= 11 is 0. The molecule has 0 unspecified atom stereocenters. The van der Waals surface area contributed by atoms with E-state index in [0.717, 1.165) is 44.3 Å². The molecule has 1 amide bonds. The second kappa shape index (κ2) is 8.15. The number of amides is 1. The molecule has 1 aliphatic heterocycles. The van der Waals surface area contributed by atoms with Gasteiger partial charge in [0.25, 0.3) is 11.5 Å². The van der Waals surface area contributed by atoms with Crippen LogP contribution < -0.4 is 20.9 Å². The molecule has 1 aromatic heterocycles. The Morgan fingerprint density at radius 2 is 1.94 bits per heavy atom. The smallest absolute Gasteiger partial charge is 0.265 e. The molecule has 7 nitrogen and oxygen atoms in total. The van der Waals surface area contributed by atoms with Crippen LogP contribution in [0.25, 0.3) is 16.6 Å². The number of aromatic nitrogens is 2. The average Bonchev–Trinajstić information content (AvgIpc) is 3.60. The number of benzene rings is 2. The lowest BCUT2D eigenvalue weighted by Crippen LogP contribution is -2.34. The maximum absolute atomic E-state index is 13.4. The van der Waals surface area contributed by atoms with E-state index in [2.05, 4.69) is 15.6 Å². The zero-order valence-electron chi connectivity index (χ0n) is 17.6. The molecule has 1 saturated carbocycles. The second-order valence-corrected chi connectivity index (χ2v) is 8.41. The Morgan fingerprint density at radius 1 is 1.13 bits per heavy atom. The number of hydrogen-bond acceptors (Lipinski definition) is 5. The van der Waals surface area contributed by atoms with Crippen molar-refractivity contribution < 1.29 is 9.53 Å². The lowest BCUT2D eigenvalue weighted by atomic mass is 10.1. The first-order valence-electron chi connectivity index (χ1n) is 10.9. The fourth-order valence-corrected chi connectivity index (χ4v) is 3.96. The lowest BCUT2D eigenvalue weighted by molar-refractivity contribution is 0.0951. The first-order chi connectivity index (χ1) is 15.1. The molecule has 0 radical (unpaired) electrons. The first kappa shape index (κ1) is 19.8. The summed E-state index contributed by atoms with van der Waals surface area (Å²) in [5.74, 6) is 0.577. The molecule has 160 valence electrons. The van der Waals surface area contributed by atoms with Gasteiger partial charge in [-0.15, -0.1) is 0 Å². The van der Waals surface area contributed by atoms with Crippen LogP contribution in [0.3, 0.4) is 0 Å². The van der Waals surface area contributed by atoms with Crippen LogP contribution in [-0.4, -0.2) is 40.7 Å². The highest BCUT2D eigenvalue weighted by atomic mass is 16.5. The van der Waals surface area contributed by atoms with E-state index in [1.165, 1.54) is 10.9 Å². The summed E-state index contributed by atoms with van der Waals surface area (Å²) in [6.45, 7) is 3.80. The molecule has 2 N–H and O–H groups in total. The molecule has 1 saturated heterocycles. The van der Waals surface area contributed by atoms with Gasteiger partial charge < -0.3 is 15.4 Å². The molecule has 1 aliphatic carbocycles. The van der Waals surface area contributed by atoms with Crippen molar-refractivity contribution in [1.29, 1.82) is 0 Å². The predicted molar refractivity (Wildman–Crippen MR) is 119 cm³/mol. The Bertz CT molecular complexity index is 1190. The monoisotopic (exact) mass is 418 g/mol. The van der Waals surface area contributed by atoms with Crippen molar-refractivity contribution in [1.82, 2.24) is 20.2 Å².